The third-order valence-corrected chi connectivity index (χ3v) is 3.73. The maximum atomic E-state index is 14.1. The summed E-state index contributed by atoms with van der Waals surface area (Å²) in [7, 11) is 0. The lowest BCUT2D eigenvalue weighted by molar-refractivity contribution is 0.0951. The Bertz CT molecular complexity index is 837. The summed E-state index contributed by atoms with van der Waals surface area (Å²) in [5.74, 6) is -0.976. The van der Waals surface area contributed by atoms with E-state index < -0.39 is 17.3 Å². The first-order valence-electron chi connectivity index (χ1n) is 9.24. The minimum atomic E-state index is -0.504. The first kappa shape index (κ1) is 23.3. The van der Waals surface area contributed by atoms with E-state index in [1.165, 1.54) is 29.0 Å². The molecule has 1 aromatic heterocycles. The van der Waals surface area contributed by atoms with Gasteiger partial charge in [0.25, 0.3) is 11.5 Å². The van der Waals surface area contributed by atoms with Gasteiger partial charge >= 0.3 is 0 Å². The van der Waals surface area contributed by atoms with Crippen molar-refractivity contribution in [2.45, 2.75) is 33.7 Å². The van der Waals surface area contributed by atoms with Gasteiger partial charge in [-0.1, -0.05) is 19.9 Å². The summed E-state index contributed by atoms with van der Waals surface area (Å²) in [5, 5.41) is 23.3. The molecular weight excluding hydrogens is 365 g/mol. The van der Waals surface area contributed by atoms with Crippen LogP contribution in [0.2, 0.25) is 0 Å². The van der Waals surface area contributed by atoms with Gasteiger partial charge in [0, 0.05) is 32.0 Å². The molecule has 154 valence electrons. The Morgan fingerprint density at radius 2 is 1.86 bits per heavy atom. The molecule has 0 aliphatic rings. The van der Waals surface area contributed by atoms with Crippen LogP contribution in [0.15, 0.2) is 35.3 Å². The second-order valence-electron chi connectivity index (χ2n) is 5.80. The van der Waals surface area contributed by atoms with Crippen molar-refractivity contribution in [2.24, 2.45) is 0 Å². The highest BCUT2D eigenvalue weighted by Crippen LogP contribution is 2.23. The number of hydrogen-bond donors (Lipinski definition) is 4. The molecule has 0 fully saturated rings. The van der Waals surface area contributed by atoms with Crippen LogP contribution < -0.4 is 16.2 Å². The van der Waals surface area contributed by atoms with Crippen LogP contribution in [0.3, 0.4) is 0 Å². The molecule has 0 bridgehead atoms. The number of amides is 1. The molecule has 8 heteroatoms. The van der Waals surface area contributed by atoms with Crippen LogP contribution in [-0.2, 0) is 6.54 Å². The van der Waals surface area contributed by atoms with E-state index in [0.717, 1.165) is 5.56 Å². The predicted octanol–water partition coefficient (Wildman–Crippen LogP) is 2.17. The molecule has 0 aliphatic carbocycles. The Morgan fingerprint density at radius 3 is 2.46 bits per heavy atom. The van der Waals surface area contributed by atoms with Crippen molar-refractivity contribution in [3.63, 3.8) is 0 Å². The van der Waals surface area contributed by atoms with E-state index >= 15 is 0 Å². The number of aryl methyl sites for hydroxylation is 1. The fourth-order valence-electron chi connectivity index (χ4n) is 2.38. The quantitative estimate of drug-likeness (QED) is 0.515. The Morgan fingerprint density at radius 1 is 1.14 bits per heavy atom. The number of nitrogens with zero attached hydrogens (tertiary/aromatic N) is 1. The van der Waals surface area contributed by atoms with E-state index in [4.69, 9.17) is 10.2 Å². The van der Waals surface area contributed by atoms with E-state index in [0.29, 0.717) is 6.42 Å². The minimum Gasteiger partial charge on any atom is -0.396 e. The highest BCUT2D eigenvalue weighted by Gasteiger charge is 2.15. The second-order valence-corrected chi connectivity index (χ2v) is 5.80. The average Bonchev–Trinajstić information content (AvgIpc) is 2.68. The summed E-state index contributed by atoms with van der Waals surface area (Å²) in [6.45, 7) is 5.72. The van der Waals surface area contributed by atoms with E-state index in [9.17, 15) is 14.0 Å². The number of aliphatic hydroxyl groups is 2. The van der Waals surface area contributed by atoms with Crippen molar-refractivity contribution in [3.8, 4) is 0 Å². The number of carbonyl (C=O) groups excluding carboxylic acids is 1. The topological polar surface area (TPSA) is 104 Å². The van der Waals surface area contributed by atoms with Gasteiger partial charge in [-0.25, -0.2) is 4.39 Å². The summed E-state index contributed by atoms with van der Waals surface area (Å²) >= 11 is 0. The molecule has 0 saturated carbocycles. The number of aliphatic hydroxyl groups excluding tert-OH is 2. The zero-order valence-corrected chi connectivity index (χ0v) is 16.5. The zero-order chi connectivity index (χ0) is 21.1. The largest absolute Gasteiger partial charge is 0.396 e. The van der Waals surface area contributed by atoms with Crippen LogP contribution in [0.1, 0.15) is 36.2 Å². The average molecular weight is 393 g/mol. The van der Waals surface area contributed by atoms with Gasteiger partial charge in [-0.05, 0) is 31.0 Å². The normalized spacial score (nSPS) is 10.1. The minimum absolute atomic E-state index is 0.0366. The van der Waals surface area contributed by atoms with E-state index in [2.05, 4.69) is 10.6 Å². The van der Waals surface area contributed by atoms with Gasteiger partial charge < -0.3 is 25.4 Å². The third-order valence-electron chi connectivity index (χ3n) is 3.73. The molecular formula is C20H28FN3O4. The van der Waals surface area contributed by atoms with Crippen LogP contribution in [-0.4, -0.2) is 40.4 Å². The van der Waals surface area contributed by atoms with Crippen LogP contribution in [0.4, 0.5) is 15.8 Å². The highest BCUT2D eigenvalue weighted by atomic mass is 19.1. The molecule has 0 radical (unpaired) electrons. The lowest BCUT2D eigenvalue weighted by Gasteiger charge is -2.15. The molecule has 1 heterocycles. The van der Waals surface area contributed by atoms with E-state index in [1.807, 2.05) is 13.8 Å². The summed E-state index contributed by atoms with van der Waals surface area (Å²) in [6.07, 6.45) is 1.71. The molecule has 28 heavy (non-hydrogen) atoms. The number of carbonyl (C=O) groups is 1. The zero-order valence-electron chi connectivity index (χ0n) is 16.5. The molecule has 2 aromatic rings. The fourth-order valence-corrected chi connectivity index (χ4v) is 2.38. The van der Waals surface area contributed by atoms with Crippen molar-refractivity contribution in [2.75, 3.05) is 25.1 Å². The third kappa shape index (κ3) is 6.47. The van der Waals surface area contributed by atoms with Gasteiger partial charge in [0.2, 0.25) is 0 Å². The number of hydrogen-bond acceptors (Lipinski definition) is 5. The lowest BCUT2D eigenvalue weighted by Crippen LogP contribution is -2.29. The smallest absolute Gasteiger partial charge is 0.254 e. The van der Waals surface area contributed by atoms with Crippen molar-refractivity contribution < 1.29 is 19.4 Å². The first-order valence-corrected chi connectivity index (χ1v) is 9.24. The molecule has 2 rings (SSSR count). The molecule has 0 aliphatic heterocycles. The Labute approximate surface area is 163 Å². The molecule has 0 atom stereocenters. The van der Waals surface area contributed by atoms with Gasteiger partial charge in [0.15, 0.2) is 0 Å². The molecule has 0 spiro atoms. The van der Waals surface area contributed by atoms with Crippen molar-refractivity contribution in [1.29, 1.82) is 0 Å². The Balaban J connectivity index is 0.00000190. The SMILES string of the molecule is CC.Cc1ccc(Nc2cc(=O)n(CCO)cc2C(=O)NCCCO)c(F)c1. The lowest BCUT2D eigenvalue weighted by atomic mass is 10.1. The van der Waals surface area contributed by atoms with Crippen molar-refractivity contribution >= 4 is 17.3 Å². The van der Waals surface area contributed by atoms with Crippen molar-refractivity contribution in [3.05, 3.63) is 57.8 Å². The number of halogens is 1. The molecule has 0 saturated heterocycles. The number of anilines is 2. The second kappa shape index (κ2) is 11.9. The number of rotatable bonds is 8. The van der Waals surface area contributed by atoms with E-state index in [-0.39, 0.29) is 43.2 Å². The molecule has 1 aromatic carbocycles. The Hall–Kier alpha value is -2.71. The predicted molar refractivity (Wildman–Crippen MR) is 108 cm³/mol. The molecule has 1 amide bonds. The van der Waals surface area contributed by atoms with Crippen LogP contribution in [0.25, 0.3) is 0 Å². The van der Waals surface area contributed by atoms with E-state index in [1.54, 1.807) is 13.0 Å². The Kier molecular flexibility index (Phi) is 9.91. The summed E-state index contributed by atoms with van der Waals surface area (Å²) in [5.41, 5.74) is 0.748. The van der Waals surface area contributed by atoms with Crippen LogP contribution >= 0.6 is 0 Å². The monoisotopic (exact) mass is 393 g/mol. The number of pyridine rings is 1. The standard InChI is InChI=1S/C18H22FN3O4.C2H6/c1-12-3-4-15(14(19)9-12)21-16-10-17(25)22(6-8-24)11-13(16)18(26)20-5-2-7-23;1-2/h3-4,9-11,21,23-24H,2,5-8H2,1H3,(H,20,26);1-2H3. The van der Waals surface area contributed by atoms with Gasteiger partial charge in [-0.2, -0.15) is 0 Å². The summed E-state index contributed by atoms with van der Waals surface area (Å²) < 4.78 is 15.3. The maximum Gasteiger partial charge on any atom is 0.254 e. The fraction of sp³-hybridized carbons (Fsp3) is 0.400. The first-order chi connectivity index (χ1) is 13.5. The van der Waals surface area contributed by atoms with Gasteiger partial charge in [-0.3, -0.25) is 9.59 Å². The number of aromatic nitrogens is 1. The maximum absolute atomic E-state index is 14.1. The van der Waals surface area contributed by atoms with Crippen LogP contribution in [0, 0.1) is 12.7 Å². The molecule has 4 N–H and O–H groups in total. The number of nitrogens with one attached hydrogen (secondary N) is 2. The van der Waals surface area contributed by atoms with Gasteiger partial charge in [0.1, 0.15) is 5.82 Å². The highest BCUT2D eigenvalue weighted by molar-refractivity contribution is 6.00. The van der Waals surface area contributed by atoms with Gasteiger partial charge in [-0.15, -0.1) is 0 Å². The van der Waals surface area contributed by atoms with Crippen molar-refractivity contribution in [1.82, 2.24) is 9.88 Å². The van der Waals surface area contributed by atoms with Crippen LogP contribution in [0.5, 0.6) is 0 Å². The molecule has 7 nitrogen and oxygen atoms in total. The summed E-state index contributed by atoms with van der Waals surface area (Å²) in [6, 6.07) is 5.77. The molecule has 0 unspecified atom stereocenters. The van der Waals surface area contributed by atoms with Gasteiger partial charge in [0.05, 0.1) is 23.5 Å². The number of benzene rings is 1. The summed E-state index contributed by atoms with van der Waals surface area (Å²) in [4.78, 5) is 24.6.